The number of hydrogen-bond acceptors (Lipinski definition) is 5. The number of nitrogens with zero attached hydrogens (tertiary/aromatic N) is 1. The first kappa shape index (κ1) is 20.7. The van der Waals surface area contributed by atoms with Crippen LogP contribution in [0.3, 0.4) is 0 Å². The number of carbonyl (C=O) groups is 3. The van der Waals surface area contributed by atoms with E-state index in [9.17, 15) is 14.4 Å². The van der Waals surface area contributed by atoms with E-state index in [2.05, 4.69) is 10.6 Å². The number of amides is 3. The summed E-state index contributed by atoms with van der Waals surface area (Å²) >= 11 is 0. The summed E-state index contributed by atoms with van der Waals surface area (Å²) in [5, 5.41) is 5.36. The summed E-state index contributed by atoms with van der Waals surface area (Å²) in [7, 11) is 0. The van der Waals surface area contributed by atoms with Crippen molar-refractivity contribution in [1.82, 2.24) is 15.5 Å². The third kappa shape index (κ3) is 5.07. The third-order valence-electron chi connectivity index (χ3n) is 5.05. The second-order valence-electron chi connectivity index (χ2n) is 7.09. The van der Waals surface area contributed by atoms with Crippen molar-refractivity contribution >= 4 is 17.9 Å². The maximum absolute atomic E-state index is 12.4. The summed E-state index contributed by atoms with van der Waals surface area (Å²) in [6.07, 6.45) is 3.25. The van der Waals surface area contributed by atoms with Crippen molar-refractivity contribution in [3.05, 3.63) is 41.1 Å². The Morgan fingerprint density at radius 3 is 2.48 bits per heavy atom. The topological polar surface area (TPSA) is 97.0 Å². The molecule has 2 aliphatic heterocycles. The SMILES string of the molecule is CCOC(=O)C1=C(C)NC(=O)N[C@@H]1c1ccc(OCC(=O)N2CCCCC2)cc1. The van der Waals surface area contributed by atoms with Gasteiger partial charge in [-0.2, -0.15) is 0 Å². The maximum Gasteiger partial charge on any atom is 0.338 e. The number of esters is 1. The number of urea groups is 1. The van der Waals surface area contributed by atoms with E-state index in [-0.39, 0.29) is 25.2 Å². The van der Waals surface area contributed by atoms with Gasteiger partial charge in [0.25, 0.3) is 5.91 Å². The van der Waals surface area contributed by atoms with Crippen LogP contribution in [0.4, 0.5) is 4.79 Å². The molecule has 0 bridgehead atoms. The lowest BCUT2D eigenvalue weighted by Gasteiger charge is -2.28. The Bertz CT molecular complexity index is 797. The van der Waals surface area contributed by atoms with Gasteiger partial charge in [-0.25, -0.2) is 9.59 Å². The maximum atomic E-state index is 12.4. The van der Waals surface area contributed by atoms with Crippen molar-refractivity contribution in [3.63, 3.8) is 0 Å². The lowest BCUT2D eigenvalue weighted by atomic mass is 9.95. The van der Waals surface area contributed by atoms with Gasteiger partial charge in [0, 0.05) is 18.8 Å². The minimum Gasteiger partial charge on any atom is -0.484 e. The van der Waals surface area contributed by atoms with Gasteiger partial charge < -0.3 is 25.0 Å². The quantitative estimate of drug-likeness (QED) is 0.713. The fourth-order valence-corrected chi connectivity index (χ4v) is 3.56. The Morgan fingerprint density at radius 2 is 1.83 bits per heavy atom. The fraction of sp³-hybridized carbons (Fsp3) is 0.476. The largest absolute Gasteiger partial charge is 0.484 e. The smallest absolute Gasteiger partial charge is 0.338 e. The van der Waals surface area contributed by atoms with Crippen LogP contribution in [0, 0.1) is 0 Å². The molecule has 1 fully saturated rings. The summed E-state index contributed by atoms with van der Waals surface area (Å²) in [5.41, 5.74) is 1.54. The molecule has 2 N–H and O–H groups in total. The number of likely N-dealkylation sites (tertiary alicyclic amines) is 1. The molecule has 2 heterocycles. The molecule has 1 aromatic carbocycles. The highest BCUT2D eigenvalue weighted by molar-refractivity contribution is 5.95. The number of carbonyl (C=O) groups excluding carboxylic acids is 3. The lowest BCUT2D eigenvalue weighted by Crippen LogP contribution is -2.45. The summed E-state index contributed by atoms with van der Waals surface area (Å²) in [5.74, 6) is 0.0651. The second-order valence-corrected chi connectivity index (χ2v) is 7.09. The minimum atomic E-state index is -0.619. The van der Waals surface area contributed by atoms with E-state index in [1.807, 2.05) is 4.90 Å². The molecule has 0 aromatic heterocycles. The zero-order chi connectivity index (χ0) is 20.8. The molecule has 156 valence electrons. The molecular formula is C21H27N3O5. The van der Waals surface area contributed by atoms with Crippen LogP contribution in [-0.4, -0.2) is 49.1 Å². The predicted molar refractivity (Wildman–Crippen MR) is 106 cm³/mol. The van der Waals surface area contributed by atoms with Gasteiger partial charge >= 0.3 is 12.0 Å². The van der Waals surface area contributed by atoms with E-state index < -0.39 is 12.0 Å². The number of piperidine rings is 1. The van der Waals surface area contributed by atoms with Gasteiger partial charge in [0.2, 0.25) is 0 Å². The van der Waals surface area contributed by atoms with Crippen molar-refractivity contribution in [2.75, 3.05) is 26.3 Å². The Kier molecular flexibility index (Phi) is 6.74. The first-order chi connectivity index (χ1) is 14.0. The first-order valence-corrected chi connectivity index (χ1v) is 9.95. The van der Waals surface area contributed by atoms with Crippen LogP contribution in [0.5, 0.6) is 5.75 Å². The van der Waals surface area contributed by atoms with E-state index in [1.165, 1.54) is 6.42 Å². The summed E-state index contributed by atoms with van der Waals surface area (Å²) in [6, 6.07) is 5.99. The van der Waals surface area contributed by atoms with Crippen molar-refractivity contribution < 1.29 is 23.9 Å². The molecule has 3 rings (SSSR count). The highest BCUT2D eigenvalue weighted by atomic mass is 16.5. The zero-order valence-electron chi connectivity index (χ0n) is 16.8. The molecule has 8 nitrogen and oxygen atoms in total. The van der Waals surface area contributed by atoms with Gasteiger partial charge in [-0.15, -0.1) is 0 Å². The monoisotopic (exact) mass is 401 g/mol. The predicted octanol–water partition coefficient (Wildman–Crippen LogP) is 2.27. The number of nitrogens with one attached hydrogen (secondary N) is 2. The van der Waals surface area contributed by atoms with Gasteiger partial charge in [0.05, 0.1) is 18.2 Å². The lowest BCUT2D eigenvalue weighted by molar-refractivity contribution is -0.139. The molecule has 1 saturated heterocycles. The summed E-state index contributed by atoms with van der Waals surface area (Å²) in [4.78, 5) is 38.3. The summed E-state index contributed by atoms with van der Waals surface area (Å²) < 4.78 is 10.8. The standard InChI is InChI=1S/C21H27N3O5/c1-3-28-20(26)18-14(2)22-21(27)23-19(18)15-7-9-16(10-8-15)29-13-17(25)24-11-5-4-6-12-24/h7-10,19H,3-6,11-13H2,1-2H3,(H2,22,23,27)/t19-/m1/s1. The molecule has 8 heteroatoms. The molecular weight excluding hydrogens is 374 g/mol. The molecule has 0 radical (unpaired) electrons. The number of rotatable bonds is 6. The van der Waals surface area contributed by atoms with Gasteiger partial charge in [-0.05, 0) is 50.8 Å². The fourth-order valence-electron chi connectivity index (χ4n) is 3.56. The zero-order valence-corrected chi connectivity index (χ0v) is 16.8. The molecule has 29 heavy (non-hydrogen) atoms. The third-order valence-corrected chi connectivity index (χ3v) is 5.05. The van der Waals surface area contributed by atoms with Crippen LogP contribution in [0.15, 0.2) is 35.5 Å². The molecule has 3 amide bonds. The number of ether oxygens (including phenoxy) is 2. The van der Waals surface area contributed by atoms with Crippen LogP contribution >= 0.6 is 0 Å². The number of allylic oxidation sites excluding steroid dienone is 1. The van der Waals surface area contributed by atoms with Crippen LogP contribution in [0.2, 0.25) is 0 Å². The first-order valence-electron chi connectivity index (χ1n) is 9.95. The second kappa shape index (κ2) is 9.45. The average Bonchev–Trinajstić information content (AvgIpc) is 2.72. The van der Waals surface area contributed by atoms with Crippen LogP contribution in [0.25, 0.3) is 0 Å². The average molecular weight is 401 g/mol. The molecule has 2 aliphatic rings. The molecule has 0 spiro atoms. The Morgan fingerprint density at radius 1 is 1.14 bits per heavy atom. The normalized spacial score (nSPS) is 19.3. The summed E-state index contributed by atoms with van der Waals surface area (Å²) in [6.45, 7) is 5.22. The van der Waals surface area contributed by atoms with Crippen LogP contribution < -0.4 is 15.4 Å². The highest BCUT2D eigenvalue weighted by Gasteiger charge is 2.32. The van der Waals surface area contributed by atoms with Crippen LogP contribution in [-0.2, 0) is 14.3 Å². The minimum absolute atomic E-state index is 0.00345. The highest BCUT2D eigenvalue weighted by Crippen LogP contribution is 2.28. The van der Waals surface area contributed by atoms with Crippen molar-refractivity contribution in [2.24, 2.45) is 0 Å². The molecule has 0 aliphatic carbocycles. The van der Waals surface area contributed by atoms with Gasteiger partial charge in [-0.1, -0.05) is 12.1 Å². The van der Waals surface area contributed by atoms with E-state index >= 15 is 0 Å². The van der Waals surface area contributed by atoms with Crippen molar-refractivity contribution in [3.8, 4) is 5.75 Å². The Labute approximate surface area is 170 Å². The number of benzene rings is 1. The van der Waals surface area contributed by atoms with Crippen molar-refractivity contribution in [2.45, 2.75) is 39.2 Å². The van der Waals surface area contributed by atoms with Gasteiger partial charge in [0.1, 0.15) is 5.75 Å². The van der Waals surface area contributed by atoms with Crippen LogP contribution in [0.1, 0.15) is 44.7 Å². The number of hydrogen-bond donors (Lipinski definition) is 2. The van der Waals surface area contributed by atoms with E-state index in [0.717, 1.165) is 31.5 Å². The van der Waals surface area contributed by atoms with E-state index in [1.54, 1.807) is 38.1 Å². The Balaban J connectivity index is 1.67. The van der Waals surface area contributed by atoms with E-state index in [4.69, 9.17) is 9.47 Å². The van der Waals surface area contributed by atoms with E-state index in [0.29, 0.717) is 17.0 Å². The molecule has 0 unspecified atom stereocenters. The van der Waals surface area contributed by atoms with Gasteiger partial charge in [0.15, 0.2) is 6.61 Å². The molecule has 1 atom stereocenters. The molecule has 1 aromatic rings. The van der Waals surface area contributed by atoms with Crippen molar-refractivity contribution in [1.29, 1.82) is 0 Å². The van der Waals surface area contributed by atoms with Gasteiger partial charge in [-0.3, -0.25) is 4.79 Å². The molecule has 0 saturated carbocycles. The Hall–Kier alpha value is -3.03.